The van der Waals surface area contributed by atoms with Gasteiger partial charge in [0.25, 0.3) is 11.8 Å². The van der Waals surface area contributed by atoms with E-state index in [2.05, 4.69) is 10.6 Å². The Morgan fingerprint density at radius 3 is 1.44 bits per heavy atom. The summed E-state index contributed by atoms with van der Waals surface area (Å²) in [4.78, 5) is 26.3. The molecule has 0 saturated heterocycles. The first-order chi connectivity index (χ1) is 16.4. The van der Waals surface area contributed by atoms with Gasteiger partial charge in [-0.3, -0.25) is 9.59 Å². The van der Waals surface area contributed by atoms with Gasteiger partial charge in [0.2, 0.25) is 0 Å². The van der Waals surface area contributed by atoms with Crippen molar-refractivity contribution in [3.05, 3.63) is 58.3 Å². The molecule has 0 unspecified atom stereocenters. The van der Waals surface area contributed by atoms with E-state index < -0.39 is 0 Å². The second-order valence-corrected chi connectivity index (χ2v) is 9.47. The fourth-order valence-corrected chi connectivity index (χ4v) is 5.72. The summed E-state index contributed by atoms with van der Waals surface area (Å²) < 4.78 is 11.5. The third-order valence-electron chi connectivity index (χ3n) is 4.88. The Morgan fingerprint density at radius 2 is 1.12 bits per heavy atom. The Bertz CT molecular complexity index is 1230. The molecule has 2 amide bonds. The first-order valence-corrected chi connectivity index (χ1v) is 12.2. The summed E-state index contributed by atoms with van der Waals surface area (Å²) in [5.41, 5.74) is 14.3. The minimum Gasteiger partial charge on any atom is -0.494 e. The van der Waals surface area contributed by atoms with Crippen molar-refractivity contribution in [2.45, 2.75) is 13.8 Å². The number of carbonyl (C=O) groups excluding carboxylic acids is 2. The van der Waals surface area contributed by atoms with Crippen molar-refractivity contribution in [1.29, 1.82) is 0 Å². The van der Waals surface area contributed by atoms with Crippen molar-refractivity contribution in [3.8, 4) is 11.5 Å². The molecule has 4 aromatic rings. The fraction of sp³-hybridized carbons (Fsp3) is 0.167. The van der Waals surface area contributed by atoms with Gasteiger partial charge in [0, 0.05) is 11.4 Å². The number of ether oxygens (including phenoxy) is 2. The Hall–Kier alpha value is -3.76. The number of rotatable bonds is 8. The predicted molar refractivity (Wildman–Crippen MR) is 140 cm³/mol. The van der Waals surface area contributed by atoms with Crippen LogP contribution in [0.5, 0.6) is 11.5 Å². The summed E-state index contributed by atoms with van der Waals surface area (Å²) in [6.07, 6.45) is 0. The molecule has 6 N–H and O–H groups in total. The number of fused-ring (bicyclic) bond motifs is 1. The van der Waals surface area contributed by atoms with Gasteiger partial charge in [-0.1, -0.05) is 0 Å². The van der Waals surface area contributed by atoms with Crippen LogP contribution < -0.4 is 31.6 Å². The number of carbonyl (C=O) groups is 2. The lowest BCUT2D eigenvalue weighted by atomic mass is 10.2. The van der Waals surface area contributed by atoms with E-state index in [1.807, 2.05) is 13.8 Å². The van der Waals surface area contributed by atoms with E-state index in [4.69, 9.17) is 20.9 Å². The second kappa shape index (κ2) is 10.0. The van der Waals surface area contributed by atoms with E-state index in [0.717, 1.165) is 11.5 Å². The van der Waals surface area contributed by atoms with Gasteiger partial charge in [0.05, 0.1) is 34.0 Å². The molecule has 4 rings (SSSR count). The molecule has 176 valence electrons. The van der Waals surface area contributed by atoms with Crippen LogP contribution in [-0.4, -0.2) is 25.0 Å². The summed E-state index contributed by atoms with van der Waals surface area (Å²) in [5.74, 6) is 0.769. The SMILES string of the molecule is CCOc1ccc(NC(=O)c2sc3sc(C(=O)Nc4ccc(OCC)cc4)c(N)c3c2N)cc1. The number of nitrogens with two attached hydrogens (primary N) is 2. The number of benzene rings is 2. The standard InChI is InChI=1S/C24H24N4O4S2/c1-3-31-15-9-5-13(6-10-15)27-22(29)20-18(25)17-19(26)21(34-24(17)33-20)23(30)28-14-7-11-16(12-8-14)32-4-2/h5-12H,3-4,25-26H2,1-2H3,(H,27,29)(H,28,30). The minimum atomic E-state index is -0.338. The number of hydrogen-bond acceptors (Lipinski definition) is 8. The number of nitrogens with one attached hydrogen (secondary N) is 2. The fourth-order valence-electron chi connectivity index (χ4n) is 3.33. The van der Waals surface area contributed by atoms with E-state index in [-0.39, 0.29) is 23.2 Å². The van der Waals surface area contributed by atoms with Gasteiger partial charge >= 0.3 is 0 Å². The zero-order chi connectivity index (χ0) is 24.2. The molecule has 0 spiro atoms. The van der Waals surface area contributed by atoms with Crippen LogP contribution >= 0.6 is 22.7 Å². The molecule has 0 radical (unpaired) electrons. The maximum absolute atomic E-state index is 12.8. The van der Waals surface area contributed by atoms with Crippen LogP contribution in [0, 0.1) is 0 Å². The molecule has 2 heterocycles. The molecule has 0 saturated carbocycles. The number of hydrogen-bond donors (Lipinski definition) is 4. The highest BCUT2D eigenvalue weighted by molar-refractivity contribution is 7.40. The van der Waals surface area contributed by atoms with Crippen LogP contribution in [0.25, 0.3) is 9.40 Å². The average Bonchev–Trinajstić information content (AvgIpc) is 3.33. The Kier molecular flexibility index (Phi) is 6.90. The highest BCUT2D eigenvalue weighted by Gasteiger charge is 2.25. The van der Waals surface area contributed by atoms with Crippen molar-refractivity contribution in [1.82, 2.24) is 0 Å². The van der Waals surface area contributed by atoms with Crippen molar-refractivity contribution in [2.24, 2.45) is 0 Å². The monoisotopic (exact) mass is 496 g/mol. The van der Waals surface area contributed by atoms with Crippen molar-refractivity contribution in [3.63, 3.8) is 0 Å². The highest BCUT2D eigenvalue weighted by atomic mass is 32.2. The Morgan fingerprint density at radius 1 is 0.735 bits per heavy atom. The molecular weight excluding hydrogens is 472 g/mol. The van der Waals surface area contributed by atoms with Gasteiger partial charge in [0.15, 0.2) is 0 Å². The highest BCUT2D eigenvalue weighted by Crippen LogP contribution is 2.45. The number of amides is 2. The number of nitrogen functional groups attached to an aromatic ring is 2. The number of anilines is 4. The van der Waals surface area contributed by atoms with Crippen molar-refractivity contribution < 1.29 is 19.1 Å². The van der Waals surface area contributed by atoms with Crippen LogP contribution in [0.2, 0.25) is 0 Å². The van der Waals surface area contributed by atoms with E-state index in [1.165, 1.54) is 22.7 Å². The molecule has 0 fully saturated rings. The topological polar surface area (TPSA) is 129 Å². The van der Waals surface area contributed by atoms with Gasteiger partial charge in [-0.2, -0.15) is 0 Å². The summed E-state index contributed by atoms with van der Waals surface area (Å²) in [6, 6.07) is 14.1. The molecular formula is C24H24N4O4S2. The molecule has 0 aliphatic carbocycles. The molecule has 0 atom stereocenters. The maximum Gasteiger partial charge on any atom is 0.267 e. The lowest BCUT2D eigenvalue weighted by Crippen LogP contribution is -2.13. The summed E-state index contributed by atoms with van der Waals surface area (Å²) >= 11 is 2.42. The Labute approximate surface area is 204 Å². The third kappa shape index (κ3) is 4.78. The molecule has 0 aliphatic rings. The summed E-state index contributed by atoms with van der Waals surface area (Å²) in [5, 5.41) is 6.20. The van der Waals surface area contributed by atoms with E-state index in [0.29, 0.717) is 43.7 Å². The zero-order valence-corrected chi connectivity index (χ0v) is 20.3. The van der Waals surface area contributed by atoms with Gasteiger partial charge in [-0.15, -0.1) is 22.7 Å². The average molecular weight is 497 g/mol. The van der Waals surface area contributed by atoms with Crippen LogP contribution in [0.1, 0.15) is 33.2 Å². The van der Waals surface area contributed by atoms with E-state index in [1.54, 1.807) is 48.5 Å². The Balaban J connectivity index is 1.51. The maximum atomic E-state index is 12.8. The van der Waals surface area contributed by atoms with E-state index in [9.17, 15) is 9.59 Å². The summed E-state index contributed by atoms with van der Waals surface area (Å²) in [6.45, 7) is 4.94. The molecule has 34 heavy (non-hydrogen) atoms. The summed E-state index contributed by atoms with van der Waals surface area (Å²) in [7, 11) is 0. The molecule has 10 heteroatoms. The van der Waals surface area contributed by atoms with Crippen LogP contribution in [0.3, 0.4) is 0 Å². The van der Waals surface area contributed by atoms with Crippen molar-refractivity contribution in [2.75, 3.05) is 35.3 Å². The minimum absolute atomic E-state index is 0.261. The second-order valence-electron chi connectivity index (χ2n) is 7.18. The van der Waals surface area contributed by atoms with Crippen LogP contribution in [-0.2, 0) is 0 Å². The molecule has 2 aromatic carbocycles. The lowest BCUT2D eigenvalue weighted by molar-refractivity contribution is 0.102. The van der Waals surface area contributed by atoms with Gasteiger partial charge in [-0.25, -0.2) is 0 Å². The first kappa shape index (κ1) is 23.4. The quantitative estimate of drug-likeness (QED) is 0.257. The van der Waals surface area contributed by atoms with E-state index >= 15 is 0 Å². The largest absolute Gasteiger partial charge is 0.494 e. The van der Waals surface area contributed by atoms with Gasteiger partial charge < -0.3 is 31.6 Å². The molecule has 0 aliphatic heterocycles. The normalized spacial score (nSPS) is 10.8. The molecule has 0 bridgehead atoms. The van der Waals surface area contributed by atoms with Crippen LogP contribution in [0.15, 0.2) is 48.5 Å². The lowest BCUT2D eigenvalue weighted by Gasteiger charge is -2.07. The zero-order valence-electron chi connectivity index (χ0n) is 18.6. The molecule has 2 aromatic heterocycles. The first-order valence-electron chi connectivity index (χ1n) is 10.6. The smallest absolute Gasteiger partial charge is 0.267 e. The van der Waals surface area contributed by atoms with Gasteiger partial charge in [0.1, 0.15) is 21.3 Å². The predicted octanol–water partition coefficient (Wildman–Crippen LogP) is 5.43. The number of thiophene rings is 2. The third-order valence-corrected chi connectivity index (χ3v) is 7.38. The van der Waals surface area contributed by atoms with Gasteiger partial charge in [-0.05, 0) is 62.4 Å². The van der Waals surface area contributed by atoms with Crippen molar-refractivity contribution >= 4 is 66.6 Å². The molecule has 8 nitrogen and oxygen atoms in total. The van der Waals surface area contributed by atoms with Crippen LogP contribution in [0.4, 0.5) is 22.7 Å².